The van der Waals surface area contributed by atoms with Crippen molar-refractivity contribution in [3.8, 4) is 0 Å². The molecule has 2 aromatic heterocycles. The molecule has 0 aliphatic rings. The molecule has 0 saturated carbocycles. The van der Waals surface area contributed by atoms with E-state index in [-0.39, 0.29) is 5.69 Å². The normalized spacial score (nSPS) is 10.7. The first-order valence-electron chi connectivity index (χ1n) is 5.66. The molecule has 7 heteroatoms. The van der Waals surface area contributed by atoms with Crippen LogP contribution in [0.15, 0.2) is 29.8 Å². The number of carboxylic acid groups (broad SMARTS) is 1. The largest absolute Gasteiger partial charge is 0.478 e. The number of aryl methyl sites for hydroxylation is 1. The van der Waals surface area contributed by atoms with Crippen molar-refractivity contribution in [3.05, 3.63) is 46.7 Å². The minimum absolute atomic E-state index is 0.151. The van der Waals surface area contributed by atoms with E-state index in [4.69, 9.17) is 5.11 Å². The highest BCUT2D eigenvalue weighted by atomic mass is 32.1. The quantitative estimate of drug-likeness (QED) is 0.842. The van der Waals surface area contributed by atoms with Crippen LogP contribution >= 0.6 is 11.3 Å². The lowest BCUT2D eigenvalue weighted by Crippen LogP contribution is -2.15. The summed E-state index contributed by atoms with van der Waals surface area (Å²) in [6.45, 7) is 1.83. The Morgan fingerprint density at radius 1 is 1.45 bits per heavy atom. The van der Waals surface area contributed by atoms with Crippen LogP contribution < -0.4 is 5.32 Å². The molecule has 0 aliphatic carbocycles. The zero-order valence-electron chi connectivity index (χ0n) is 10.5. The van der Waals surface area contributed by atoms with E-state index in [0.717, 1.165) is 11.8 Å². The number of nitrogens with zero attached hydrogens (tertiary/aromatic N) is 2. The Balaban J connectivity index is 2.23. The van der Waals surface area contributed by atoms with Gasteiger partial charge in [-0.2, -0.15) is 0 Å². The number of rotatable bonds is 4. The minimum Gasteiger partial charge on any atom is -0.478 e. The first kappa shape index (κ1) is 13.9. The molecule has 0 unspecified atom stereocenters. The van der Waals surface area contributed by atoms with Crippen LogP contribution in [0.25, 0.3) is 6.08 Å². The number of carbonyl (C=O) groups excluding carboxylic acids is 1. The molecule has 0 radical (unpaired) electrons. The van der Waals surface area contributed by atoms with Crippen molar-refractivity contribution >= 4 is 34.4 Å². The maximum atomic E-state index is 12.1. The van der Waals surface area contributed by atoms with Crippen LogP contribution in [-0.2, 0) is 4.79 Å². The number of aliphatic carboxylic acids is 1. The molecular formula is C13H11N3O3S. The van der Waals surface area contributed by atoms with E-state index < -0.39 is 11.9 Å². The number of hydrogen-bond donors (Lipinski definition) is 2. The van der Waals surface area contributed by atoms with Gasteiger partial charge >= 0.3 is 5.97 Å². The SMILES string of the molecule is Cc1csc(NC(=O)c2ncccc2/C=C/C(=O)O)n1. The monoisotopic (exact) mass is 289 g/mol. The fourth-order valence-corrected chi connectivity index (χ4v) is 2.15. The highest BCUT2D eigenvalue weighted by Crippen LogP contribution is 2.16. The summed E-state index contributed by atoms with van der Waals surface area (Å²) in [5.74, 6) is -1.51. The van der Waals surface area contributed by atoms with Crippen LogP contribution in [-0.4, -0.2) is 27.0 Å². The van der Waals surface area contributed by atoms with Crippen LogP contribution in [0.5, 0.6) is 0 Å². The van der Waals surface area contributed by atoms with Crippen molar-refractivity contribution < 1.29 is 14.7 Å². The Bertz CT molecular complexity index is 679. The number of carboxylic acids is 1. The second kappa shape index (κ2) is 6.07. The molecule has 0 saturated heterocycles. The van der Waals surface area contributed by atoms with Gasteiger partial charge in [0, 0.05) is 23.2 Å². The maximum Gasteiger partial charge on any atom is 0.328 e. The summed E-state index contributed by atoms with van der Waals surface area (Å²) >= 11 is 1.31. The van der Waals surface area contributed by atoms with E-state index in [2.05, 4.69) is 15.3 Å². The van der Waals surface area contributed by atoms with E-state index in [0.29, 0.717) is 10.7 Å². The van der Waals surface area contributed by atoms with Gasteiger partial charge in [-0.1, -0.05) is 6.07 Å². The second-order valence-electron chi connectivity index (χ2n) is 3.86. The van der Waals surface area contributed by atoms with Crippen LogP contribution in [0.4, 0.5) is 5.13 Å². The number of thiazole rings is 1. The van der Waals surface area contributed by atoms with E-state index in [1.165, 1.54) is 23.6 Å². The molecule has 0 aromatic carbocycles. The number of pyridine rings is 1. The van der Waals surface area contributed by atoms with Gasteiger partial charge in [-0.3, -0.25) is 15.1 Å². The molecule has 2 heterocycles. The molecule has 0 bridgehead atoms. The van der Waals surface area contributed by atoms with Gasteiger partial charge in [0.2, 0.25) is 0 Å². The van der Waals surface area contributed by atoms with Crippen LogP contribution in [0.1, 0.15) is 21.7 Å². The van der Waals surface area contributed by atoms with Crippen LogP contribution in [0, 0.1) is 6.92 Å². The Kier molecular flexibility index (Phi) is 4.21. The lowest BCUT2D eigenvalue weighted by atomic mass is 10.1. The van der Waals surface area contributed by atoms with Gasteiger partial charge in [-0.15, -0.1) is 11.3 Å². The van der Waals surface area contributed by atoms with Gasteiger partial charge in [-0.25, -0.2) is 9.78 Å². The average Bonchev–Trinajstić information content (AvgIpc) is 2.82. The van der Waals surface area contributed by atoms with Gasteiger partial charge in [0.1, 0.15) is 5.69 Å². The molecule has 1 amide bonds. The van der Waals surface area contributed by atoms with Crippen molar-refractivity contribution in [2.24, 2.45) is 0 Å². The molecule has 0 aliphatic heterocycles. The molecular weight excluding hydrogens is 278 g/mol. The first-order valence-corrected chi connectivity index (χ1v) is 6.54. The summed E-state index contributed by atoms with van der Waals surface area (Å²) in [7, 11) is 0. The van der Waals surface area contributed by atoms with Gasteiger partial charge in [0.25, 0.3) is 5.91 Å². The summed E-state index contributed by atoms with van der Waals surface area (Å²) in [4.78, 5) is 30.7. The third-order valence-corrected chi connectivity index (χ3v) is 3.17. The number of hydrogen-bond acceptors (Lipinski definition) is 5. The number of carbonyl (C=O) groups is 2. The number of nitrogens with one attached hydrogen (secondary N) is 1. The lowest BCUT2D eigenvalue weighted by molar-refractivity contribution is -0.131. The van der Waals surface area contributed by atoms with Crippen LogP contribution in [0.3, 0.4) is 0 Å². The topological polar surface area (TPSA) is 92.2 Å². The maximum absolute atomic E-state index is 12.1. The molecule has 0 spiro atoms. The van der Waals surface area contributed by atoms with Crippen molar-refractivity contribution in [2.75, 3.05) is 5.32 Å². The van der Waals surface area contributed by atoms with Gasteiger partial charge in [0.05, 0.1) is 5.69 Å². The summed E-state index contributed by atoms with van der Waals surface area (Å²) in [5.41, 5.74) is 1.40. The molecule has 2 rings (SSSR count). The smallest absolute Gasteiger partial charge is 0.328 e. The number of aromatic nitrogens is 2. The first-order chi connectivity index (χ1) is 9.56. The molecule has 0 atom stereocenters. The van der Waals surface area contributed by atoms with Crippen molar-refractivity contribution in [3.63, 3.8) is 0 Å². The van der Waals surface area contributed by atoms with Crippen molar-refractivity contribution in [1.82, 2.24) is 9.97 Å². The van der Waals surface area contributed by atoms with Gasteiger partial charge < -0.3 is 5.11 Å². The highest BCUT2D eigenvalue weighted by molar-refractivity contribution is 7.13. The minimum atomic E-state index is -1.09. The summed E-state index contributed by atoms with van der Waals surface area (Å²) in [6.07, 6.45) is 3.76. The lowest BCUT2D eigenvalue weighted by Gasteiger charge is -2.04. The predicted octanol–water partition coefficient (Wildman–Crippen LogP) is 2.20. The number of amides is 1. The molecule has 6 nitrogen and oxygen atoms in total. The van der Waals surface area contributed by atoms with E-state index >= 15 is 0 Å². The molecule has 0 fully saturated rings. The molecule has 2 aromatic rings. The fraction of sp³-hybridized carbons (Fsp3) is 0.0769. The van der Waals surface area contributed by atoms with Gasteiger partial charge in [-0.05, 0) is 19.1 Å². The van der Waals surface area contributed by atoms with Crippen molar-refractivity contribution in [2.45, 2.75) is 6.92 Å². The number of anilines is 1. The van der Waals surface area contributed by atoms with E-state index in [9.17, 15) is 9.59 Å². The third kappa shape index (κ3) is 3.48. The Hall–Kier alpha value is -2.54. The Labute approximate surface area is 118 Å². The van der Waals surface area contributed by atoms with E-state index in [1.807, 2.05) is 12.3 Å². The predicted molar refractivity (Wildman–Crippen MR) is 75.7 cm³/mol. The van der Waals surface area contributed by atoms with Crippen molar-refractivity contribution in [1.29, 1.82) is 0 Å². The summed E-state index contributed by atoms with van der Waals surface area (Å²) in [5, 5.41) is 13.6. The Morgan fingerprint density at radius 3 is 2.90 bits per heavy atom. The summed E-state index contributed by atoms with van der Waals surface area (Å²) < 4.78 is 0. The zero-order chi connectivity index (χ0) is 14.5. The third-order valence-electron chi connectivity index (χ3n) is 2.30. The Morgan fingerprint density at radius 2 is 2.25 bits per heavy atom. The van der Waals surface area contributed by atoms with Gasteiger partial charge in [0.15, 0.2) is 5.13 Å². The fourth-order valence-electron chi connectivity index (χ4n) is 1.47. The summed E-state index contributed by atoms with van der Waals surface area (Å²) in [6, 6.07) is 3.25. The standard InChI is InChI=1S/C13H11N3O3S/c1-8-7-20-13(15-8)16-12(19)11-9(3-2-6-14-11)4-5-10(17)18/h2-7H,1H3,(H,17,18)(H,15,16,19)/b5-4+. The zero-order valence-corrected chi connectivity index (χ0v) is 11.3. The average molecular weight is 289 g/mol. The van der Waals surface area contributed by atoms with Crippen LogP contribution in [0.2, 0.25) is 0 Å². The molecule has 2 N–H and O–H groups in total. The highest BCUT2D eigenvalue weighted by Gasteiger charge is 2.13. The second-order valence-corrected chi connectivity index (χ2v) is 4.72. The van der Waals surface area contributed by atoms with E-state index in [1.54, 1.807) is 12.1 Å². The molecule has 20 heavy (non-hydrogen) atoms. The molecule has 102 valence electrons.